The second-order valence-electron chi connectivity index (χ2n) is 7.18. The van der Waals surface area contributed by atoms with Crippen LogP contribution in [0.15, 0.2) is 79.0 Å². The average molecular weight is 375 g/mol. The molecule has 2 nitrogen and oxygen atoms in total. The van der Waals surface area contributed by atoms with Crippen LogP contribution in [0.25, 0.3) is 10.9 Å². The van der Waals surface area contributed by atoms with Gasteiger partial charge in [-0.3, -0.25) is 0 Å². The van der Waals surface area contributed by atoms with Crippen LogP contribution in [-0.4, -0.2) is 18.7 Å². The Bertz CT molecular complexity index is 1060. The summed E-state index contributed by atoms with van der Waals surface area (Å²) in [6.07, 6.45) is 2.25. The average Bonchev–Trinajstić information content (AvgIpc) is 3.01. The van der Waals surface area contributed by atoms with E-state index < -0.39 is 0 Å². The number of nitrogens with zero attached hydrogens (tertiary/aromatic N) is 2. The molecule has 0 N–H and O–H groups in total. The van der Waals surface area contributed by atoms with E-state index in [9.17, 15) is 0 Å². The van der Waals surface area contributed by atoms with Crippen LogP contribution in [0.3, 0.4) is 0 Å². The third kappa shape index (κ3) is 3.33. The second kappa shape index (κ2) is 7.13. The molecule has 0 saturated carbocycles. The molecule has 0 fully saturated rings. The van der Waals surface area contributed by atoms with Crippen molar-refractivity contribution in [2.75, 3.05) is 19.0 Å². The van der Waals surface area contributed by atoms with Crippen molar-refractivity contribution in [3.8, 4) is 0 Å². The largest absolute Gasteiger partial charge is 0.378 e. The van der Waals surface area contributed by atoms with Gasteiger partial charge in [0, 0.05) is 54.9 Å². The van der Waals surface area contributed by atoms with Crippen LogP contribution in [-0.2, 0) is 7.05 Å². The van der Waals surface area contributed by atoms with E-state index in [1.807, 2.05) is 12.1 Å². The molecule has 0 amide bonds. The predicted molar refractivity (Wildman–Crippen MR) is 116 cm³/mol. The van der Waals surface area contributed by atoms with Gasteiger partial charge in [0.25, 0.3) is 0 Å². The Hall–Kier alpha value is -2.71. The van der Waals surface area contributed by atoms with E-state index in [1.54, 1.807) is 0 Å². The first-order chi connectivity index (χ1) is 13.0. The highest BCUT2D eigenvalue weighted by molar-refractivity contribution is 6.30. The van der Waals surface area contributed by atoms with E-state index in [2.05, 4.69) is 97.5 Å². The van der Waals surface area contributed by atoms with E-state index >= 15 is 0 Å². The molecule has 1 atom stereocenters. The summed E-state index contributed by atoms with van der Waals surface area (Å²) in [5, 5.41) is 2.05. The highest BCUT2D eigenvalue weighted by atomic mass is 35.5. The molecule has 27 heavy (non-hydrogen) atoms. The zero-order valence-corrected chi connectivity index (χ0v) is 16.6. The number of para-hydroxylation sites is 1. The predicted octanol–water partition coefficient (Wildman–Crippen LogP) is 6.08. The molecule has 0 aliphatic heterocycles. The maximum absolute atomic E-state index is 6.15. The van der Waals surface area contributed by atoms with Crippen LogP contribution in [0.4, 0.5) is 5.69 Å². The van der Waals surface area contributed by atoms with Gasteiger partial charge in [-0.2, -0.15) is 0 Å². The number of aromatic nitrogens is 1. The molecular weight excluding hydrogens is 352 g/mol. The van der Waals surface area contributed by atoms with Crippen LogP contribution >= 0.6 is 11.6 Å². The number of halogens is 1. The van der Waals surface area contributed by atoms with Gasteiger partial charge in [-0.25, -0.2) is 0 Å². The van der Waals surface area contributed by atoms with Gasteiger partial charge in [0.2, 0.25) is 0 Å². The Kier molecular flexibility index (Phi) is 4.67. The first-order valence-electron chi connectivity index (χ1n) is 9.11. The third-order valence-corrected chi connectivity index (χ3v) is 5.44. The van der Waals surface area contributed by atoms with E-state index in [0.717, 1.165) is 5.02 Å². The van der Waals surface area contributed by atoms with E-state index in [0.29, 0.717) is 0 Å². The van der Waals surface area contributed by atoms with Crippen LogP contribution in [0.2, 0.25) is 5.02 Å². The standard InChI is InChI=1S/C24H23ClN2/c1-26(2)20-14-10-18(11-15-20)24(17-8-12-19(25)13-9-17)22-16-27(3)23-7-5-4-6-21(22)23/h4-16,24H,1-3H3. The SMILES string of the molecule is CN(C)c1ccc(C(c2ccc(Cl)cc2)c2cn(C)c3ccccc23)cc1. The molecule has 0 bridgehead atoms. The number of rotatable bonds is 4. The molecule has 0 radical (unpaired) electrons. The van der Waals surface area contributed by atoms with E-state index in [1.165, 1.54) is 33.3 Å². The third-order valence-electron chi connectivity index (χ3n) is 5.18. The molecule has 136 valence electrons. The summed E-state index contributed by atoms with van der Waals surface area (Å²) in [5.74, 6) is 0.157. The molecule has 3 aromatic carbocycles. The number of aryl methyl sites for hydroxylation is 1. The van der Waals surface area contributed by atoms with Gasteiger partial charge >= 0.3 is 0 Å². The lowest BCUT2D eigenvalue weighted by Crippen LogP contribution is -2.09. The summed E-state index contributed by atoms with van der Waals surface area (Å²) in [5.41, 5.74) is 6.28. The zero-order valence-electron chi connectivity index (χ0n) is 15.9. The highest BCUT2D eigenvalue weighted by Gasteiger charge is 2.21. The maximum Gasteiger partial charge on any atom is 0.0480 e. The fraction of sp³-hybridized carbons (Fsp3) is 0.167. The Morgan fingerprint density at radius 2 is 1.41 bits per heavy atom. The first kappa shape index (κ1) is 17.7. The highest BCUT2D eigenvalue weighted by Crippen LogP contribution is 2.37. The molecule has 1 aromatic heterocycles. The van der Waals surface area contributed by atoms with Gasteiger partial charge in [-0.1, -0.05) is 54.1 Å². The maximum atomic E-state index is 6.15. The zero-order chi connectivity index (χ0) is 19.0. The molecular formula is C24H23ClN2. The summed E-state index contributed by atoms with van der Waals surface area (Å²) >= 11 is 6.15. The van der Waals surface area contributed by atoms with E-state index in [4.69, 9.17) is 11.6 Å². The van der Waals surface area contributed by atoms with Crippen molar-refractivity contribution in [2.45, 2.75) is 5.92 Å². The van der Waals surface area contributed by atoms with E-state index in [-0.39, 0.29) is 5.92 Å². The molecule has 1 heterocycles. The van der Waals surface area contributed by atoms with Gasteiger partial charge in [0.05, 0.1) is 0 Å². The van der Waals surface area contributed by atoms with Gasteiger partial charge in [-0.05, 0) is 47.0 Å². The van der Waals surface area contributed by atoms with Crippen molar-refractivity contribution in [2.24, 2.45) is 7.05 Å². The fourth-order valence-corrected chi connectivity index (χ4v) is 3.90. The number of hydrogen-bond donors (Lipinski definition) is 0. The van der Waals surface area contributed by atoms with Gasteiger partial charge in [0.15, 0.2) is 0 Å². The molecule has 4 aromatic rings. The Labute approximate surface area is 165 Å². The van der Waals surface area contributed by atoms with Crippen molar-refractivity contribution in [3.63, 3.8) is 0 Å². The molecule has 0 saturated heterocycles. The molecule has 0 spiro atoms. The van der Waals surface area contributed by atoms with Crippen molar-refractivity contribution in [1.29, 1.82) is 0 Å². The molecule has 1 unspecified atom stereocenters. The van der Waals surface area contributed by atoms with Crippen molar-refractivity contribution < 1.29 is 0 Å². The summed E-state index contributed by atoms with van der Waals surface area (Å²) in [6, 6.07) is 25.6. The number of hydrogen-bond acceptors (Lipinski definition) is 1. The lowest BCUT2D eigenvalue weighted by Gasteiger charge is -2.20. The topological polar surface area (TPSA) is 8.17 Å². The number of anilines is 1. The van der Waals surface area contributed by atoms with Gasteiger partial charge < -0.3 is 9.47 Å². The normalized spacial score (nSPS) is 12.3. The number of benzene rings is 3. The monoisotopic (exact) mass is 374 g/mol. The van der Waals surface area contributed by atoms with Crippen molar-refractivity contribution >= 4 is 28.2 Å². The Morgan fingerprint density at radius 3 is 2.04 bits per heavy atom. The summed E-state index contributed by atoms with van der Waals surface area (Å²) in [7, 11) is 6.24. The van der Waals surface area contributed by atoms with Gasteiger partial charge in [-0.15, -0.1) is 0 Å². The summed E-state index contributed by atoms with van der Waals surface area (Å²) in [6.45, 7) is 0. The lowest BCUT2D eigenvalue weighted by atomic mass is 9.85. The van der Waals surface area contributed by atoms with Crippen LogP contribution in [0, 0.1) is 0 Å². The van der Waals surface area contributed by atoms with Crippen LogP contribution in [0.5, 0.6) is 0 Å². The smallest absolute Gasteiger partial charge is 0.0480 e. The van der Waals surface area contributed by atoms with Crippen molar-refractivity contribution in [1.82, 2.24) is 4.57 Å². The Balaban J connectivity index is 1.91. The minimum absolute atomic E-state index is 0.157. The van der Waals surface area contributed by atoms with Crippen molar-refractivity contribution in [3.05, 3.63) is 101 Å². The fourth-order valence-electron chi connectivity index (χ4n) is 3.77. The first-order valence-corrected chi connectivity index (χ1v) is 9.49. The quantitative estimate of drug-likeness (QED) is 0.420. The second-order valence-corrected chi connectivity index (χ2v) is 7.62. The molecule has 4 rings (SSSR count). The molecule has 0 aliphatic carbocycles. The summed E-state index contributed by atoms with van der Waals surface area (Å²) < 4.78 is 2.21. The molecule has 3 heteroatoms. The minimum Gasteiger partial charge on any atom is -0.378 e. The van der Waals surface area contributed by atoms with Crippen LogP contribution < -0.4 is 4.90 Å². The summed E-state index contributed by atoms with van der Waals surface area (Å²) in [4.78, 5) is 2.12. The molecule has 0 aliphatic rings. The lowest BCUT2D eigenvalue weighted by molar-refractivity contribution is 0.927. The van der Waals surface area contributed by atoms with Crippen LogP contribution in [0.1, 0.15) is 22.6 Å². The Morgan fingerprint density at radius 1 is 0.815 bits per heavy atom. The van der Waals surface area contributed by atoms with Gasteiger partial charge in [0.1, 0.15) is 0 Å². The minimum atomic E-state index is 0.157. The number of fused-ring (bicyclic) bond motifs is 1.